The second-order valence-corrected chi connectivity index (χ2v) is 10.1. The van der Waals surface area contributed by atoms with Gasteiger partial charge in [-0.2, -0.15) is 0 Å². The number of aliphatic hydroxyl groups excluding tert-OH is 1. The van der Waals surface area contributed by atoms with Gasteiger partial charge in [0.2, 0.25) is 0 Å². The molecular weight excluding hydrogens is 347 g/mol. The van der Waals surface area contributed by atoms with Crippen LogP contribution in [0, 0.1) is 40.4 Å². The summed E-state index contributed by atoms with van der Waals surface area (Å²) in [5.74, 6) is -0.497. The molecule has 0 radical (unpaired) electrons. The van der Waals surface area contributed by atoms with E-state index in [0.717, 1.165) is 25.7 Å². The Kier molecular flexibility index (Phi) is 4.34. The number of aliphatic carboxylic acids is 1. The second kappa shape index (κ2) is 6.13. The molecule has 0 aromatic heterocycles. The number of halogens is 1. The van der Waals surface area contributed by atoms with Crippen LogP contribution in [0.25, 0.3) is 0 Å². The van der Waals surface area contributed by atoms with Crippen molar-refractivity contribution in [1.29, 1.82) is 0 Å². The first-order valence-corrected chi connectivity index (χ1v) is 10.4. The van der Waals surface area contributed by atoms with Crippen molar-refractivity contribution in [3.63, 3.8) is 0 Å². The van der Waals surface area contributed by atoms with E-state index < -0.39 is 18.2 Å². The average Bonchev–Trinajstić information content (AvgIpc) is 2.86. The fourth-order valence-corrected chi connectivity index (χ4v) is 7.79. The number of carboxylic acids is 1. The molecule has 27 heavy (non-hydrogen) atoms. The van der Waals surface area contributed by atoms with Crippen molar-refractivity contribution in [3.05, 3.63) is 11.6 Å². The maximum Gasteiger partial charge on any atom is 0.332 e. The number of carbonyl (C=O) groups excluding carboxylic acids is 1. The molecule has 0 saturated heterocycles. The van der Waals surface area contributed by atoms with Crippen molar-refractivity contribution in [2.45, 2.75) is 71.6 Å². The lowest BCUT2D eigenvalue weighted by molar-refractivity contribution is -0.156. The summed E-state index contributed by atoms with van der Waals surface area (Å²) < 4.78 is 15.2. The third-order valence-electron chi connectivity index (χ3n) is 8.97. The number of aliphatic hydroxyl groups is 1. The molecule has 4 nitrogen and oxygen atoms in total. The van der Waals surface area contributed by atoms with Crippen molar-refractivity contribution in [3.8, 4) is 0 Å². The summed E-state index contributed by atoms with van der Waals surface area (Å²) >= 11 is 0. The molecule has 0 aromatic rings. The number of alkyl halides is 1. The minimum absolute atomic E-state index is 0.0448. The molecule has 5 heteroatoms. The van der Waals surface area contributed by atoms with E-state index in [2.05, 4.69) is 13.8 Å². The third-order valence-corrected chi connectivity index (χ3v) is 8.97. The van der Waals surface area contributed by atoms with Crippen molar-refractivity contribution < 1.29 is 24.2 Å². The molecule has 3 fully saturated rings. The van der Waals surface area contributed by atoms with Crippen molar-refractivity contribution in [1.82, 2.24) is 0 Å². The fourth-order valence-electron chi connectivity index (χ4n) is 7.79. The second-order valence-electron chi connectivity index (χ2n) is 10.1. The Balaban J connectivity index is 1.70. The van der Waals surface area contributed by atoms with Crippen molar-refractivity contribution in [2.75, 3.05) is 0 Å². The Bertz CT molecular complexity index is 702. The molecule has 150 valence electrons. The highest BCUT2D eigenvalue weighted by Crippen LogP contribution is 2.68. The SMILES string of the molecule is C[C@@H]1C[C@H]2[C@@H]3C[C@H](F)C4=CC(=O)CC[C@]4(C)[C@H]3CC[C@]2(C)[C@H]1[C@@H](O)C(=O)O. The maximum absolute atomic E-state index is 15.2. The van der Waals surface area contributed by atoms with Crippen LogP contribution < -0.4 is 0 Å². The molecule has 0 heterocycles. The number of fused-ring (bicyclic) bond motifs is 5. The summed E-state index contributed by atoms with van der Waals surface area (Å²) in [6.45, 7) is 6.30. The van der Waals surface area contributed by atoms with Crippen LogP contribution in [0.4, 0.5) is 4.39 Å². The molecule has 0 aromatic carbocycles. The molecule has 3 saturated carbocycles. The Labute approximate surface area is 160 Å². The smallest absolute Gasteiger partial charge is 0.332 e. The quantitative estimate of drug-likeness (QED) is 0.767. The summed E-state index contributed by atoms with van der Waals surface area (Å²) in [5, 5.41) is 19.8. The van der Waals surface area contributed by atoms with E-state index in [9.17, 15) is 19.8 Å². The van der Waals surface area contributed by atoms with Gasteiger partial charge in [-0.3, -0.25) is 4.79 Å². The van der Waals surface area contributed by atoms with Crippen LogP contribution in [0.15, 0.2) is 11.6 Å². The van der Waals surface area contributed by atoms with E-state index in [1.54, 1.807) is 6.08 Å². The van der Waals surface area contributed by atoms with Crippen LogP contribution in [0.2, 0.25) is 0 Å². The van der Waals surface area contributed by atoms with E-state index in [1.807, 2.05) is 6.92 Å². The lowest BCUT2D eigenvalue weighted by Crippen LogP contribution is -2.54. The number of allylic oxidation sites excluding steroid dienone is 1. The topological polar surface area (TPSA) is 74.6 Å². The van der Waals surface area contributed by atoms with Gasteiger partial charge < -0.3 is 10.2 Å². The number of carboxylic acid groups (broad SMARTS) is 1. The van der Waals surface area contributed by atoms with Crippen LogP contribution in [-0.4, -0.2) is 34.2 Å². The Morgan fingerprint density at radius 3 is 2.63 bits per heavy atom. The zero-order valence-corrected chi connectivity index (χ0v) is 16.5. The van der Waals surface area contributed by atoms with Gasteiger partial charge in [0.05, 0.1) is 0 Å². The molecule has 9 atom stereocenters. The van der Waals surface area contributed by atoms with Gasteiger partial charge in [-0.05, 0) is 78.3 Å². The van der Waals surface area contributed by atoms with Crippen LogP contribution in [0.1, 0.15) is 59.3 Å². The first-order valence-electron chi connectivity index (χ1n) is 10.4. The highest BCUT2D eigenvalue weighted by molar-refractivity contribution is 5.91. The van der Waals surface area contributed by atoms with E-state index in [1.165, 1.54) is 0 Å². The summed E-state index contributed by atoms with van der Waals surface area (Å²) in [6, 6.07) is 0. The zero-order chi connectivity index (χ0) is 19.7. The van der Waals surface area contributed by atoms with Gasteiger partial charge in [0, 0.05) is 12.3 Å². The van der Waals surface area contributed by atoms with Gasteiger partial charge in [-0.1, -0.05) is 20.8 Å². The van der Waals surface area contributed by atoms with E-state index in [4.69, 9.17) is 0 Å². The van der Waals surface area contributed by atoms with Gasteiger partial charge in [0.1, 0.15) is 6.17 Å². The predicted molar refractivity (Wildman–Crippen MR) is 98.7 cm³/mol. The highest BCUT2D eigenvalue weighted by Gasteiger charge is 2.63. The minimum atomic E-state index is -1.35. The molecular formula is C22H31FO4. The fraction of sp³-hybridized carbons (Fsp3) is 0.818. The van der Waals surface area contributed by atoms with Crippen molar-refractivity contribution in [2.24, 2.45) is 40.4 Å². The molecule has 4 rings (SSSR count). The maximum atomic E-state index is 15.2. The normalized spacial score (nSPS) is 50.3. The van der Waals surface area contributed by atoms with E-state index >= 15 is 4.39 Å². The summed E-state index contributed by atoms with van der Waals surface area (Å²) in [7, 11) is 0. The molecule has 4 aliphatic carbocycles. The largest absolute Gasteiger partial charge is 0.479 e. The standard InChI is InChI=1S/C22H31FO4/c1-11-8-15-13-10-17(23)16-9-12(24)4-6-21(16,2)14(13)5-7-22(15,3)18(11)19(25)20(26)27/h9,11,13-15,17-19,25H,4-8,10H2,1-3H3,(H,26,27)/t11-,13-,14+,15+,17+,18-,19-,21-,22+/m1/s1. The summed E-state index contributed by atoms with van der Waals surface area (Å²) in [5.41, 5.74) is 0.182. The van der Waals surface area contributed by atoms with Crippen LogP contribution in [0.5, 0.6) is 0 Å². The first kappa shape index (κ1) is 19.1. The number of hydrogen-bond donors (Lipinski definition) is 2. The van der Waals surface area contributed by atoms with Gasteiger partial charge in [0.15, 0.2) is 11.9 Å². The monoisotopic (exact) mass is 378 g/mol. The minimum Gasteiger partial charge on any atom is -0.479 e. The Morgan fingerprint density at radius 1 is 1.26 bits per heavy atom. The summed E-state index contributed by atoms with van der Waals surface area (Å²) in [6.07, 6.45) is 3.43. The first-order chi connectivity index (χ1) is 12.6. The number of rotatable bonds is 2. The average molecular weight is 378 g/mol. The Hall–Kier alpha value is -1.23. The lowest BCUT2D eigenvalue weighted by Gasteiger charge is -2.58. The van der Waals surface area contributed by atoms with Gasteiger partial charge in [-0.15, -0.1) is 0 Å². The lowest BCUT2D eigenvalue weighted by atomic mass is 9.46. The van der Waals surface area contributed by atoms with Gasteiger partial charge in [0.25, 0.3) is 0 Å². The number of carbonyl (C=O) groups is 2. The zero-order valence-electron chi connectivity index (χ0n) is 16.5. The van der Waals surface area contributed by atoms with Gasteiger partial charge >= 0.3 is 5.97 Å². The van der Waals surface area contributed by atoms with Crippen LogP contribution >= 0.6 is 0 Å². The molecule has 0 unspecified atom stereocenters. The molecule has 0 bridgehead atoms. The molecule has 2 N–H and O–H groups in total. The van der Waals surface area contributed by atoms with E-state index in [0.29, 0.717) is 24.3 Å². The molecule has 4 aliphatic rings. The van der Waals surface area contributed by atoms with Crippen molar-refractivity contribution >= 4 is 11.8 Å². The summed E-state index contributed by atoms with van der Waals surface area (Å²) in [4.78, 5) is 23.4. The third kappa shape index (κ3) is 2.56. The molecule has 0 spiro atoms. The van der Waals surface area contributed by atoms with Crippen LogP contribution in [-0.2, 0) is 9.59 Å². The van der Waals surface area contributed by atoms with Crippen LogP contribution in [0.3, 0.4) is 0 Å². The molecule has 0 amide bonds. The molecule has 0 aliphatic heterocycles. The van der Waals surface area contributed by atoms with Gasteiger partial charge in [-0.25, -0.2) is 9.18 Å². The number of hydrogen-bond acceptors (Lipinski definition) is 3. The Morgan fingerprint density at radius 2 is 1.96 bits per heavy atom. The predicted octanol–water partition coefficient (Wildman–Crippen LogP) is 3.77. The highest BCUT2D eigenvalue weighted by atomic mass is 19.1. The number of ketones is 1. The van der Waals surface area contributed by atoms with E-state index in [-0.39, 0.29) is 40.3 Å².